The number of methoxy groups -OCH3 is 1. The van der Waals surface area contributed by atoms with E-state index in [1.165, 1.54) is 0 Å². The molecule has 90 valence electrons. The Kier molecular flexibility index (Phi) is 3.82. The number of pyridine rings is 2. The summed E-state index contributed by atoms with van der Waals surface area (Å²) in [4.78, 5) is 8.19. The summed E-state index contributed by atoms with van der Waals surface area (Å²) in [6.07, 6.45) is 3.42. The number of ether oxygens (including phenoxy) is 1. The van der Waals surface area contributed by atoms with Gasteiger partial charge in [0.2, 0.25) is 0 Å². The van der Waals surface area contributed by atoms with Crippen molar-refractivity contribution in [3.8, 4) is 0 Å². The van der Waals surface area contributed by atoms with Gasteiger partial charge in [0.25, 0.3) is 0 Å². The van der Waals surface area contributed by atoms with Crippen molar-refractivity contribution >= 4 is 34.0 Å². The Balaban J connectivity index is 2.63. The molecule has 2 aromatic rings. The van der Waals surface area contributed by atoms with Gasteiger partial charge in [-0.3, -0.25) is 0 Å². The maximum Gasteiger partial charge on any atom is 0.138 e. The van der Waals surface area contributed by atoms with E-state index < -0.39 is 0 Å². The van der Waals surface area contributed by atoms with Crippen molar-refractivity contribution in [3.63, 3.8) is 0 Å². The lowest BCUT2D eigenvalue weighted by atomic mass is 9.99. The van der Waals surface area contributed by atoms with Crippen LogP contribution in [0.5, 0.6) is 0 Å². The van der Waals surface area contributed by atoms with Crippen LogP contribution in [0.3, 0.4) is 0 Å². The fraction of sp³-hybridized carbons (Fsp3) is 0.333. The second kappa shape index (κ2) is 5.17. The zero-order valence-electron chi connectivity index (χ0n) is 9.58. The van der Waals surface area contributed by atoms with Gasteiger partial charge in [-0.05, 0) is 17.0 Å². The predicted octanol–water partition coefficient (Wildman–Crippen LogP) is 3.69. The van der Waals surface area contributed by atoms with E-state index in [0.717, 1.165) is 16.3 Å². The van der Waals surface area contributed by atoms with Crippen molar-refractivity contribution < 1.29 is 4.74 Å². The molecule has 2 heterocycles. The monoisotopic (exact) mass is 270 g/mol. The number of hydrogen-bond acceptors (Lipinski definition) is 3. The Hall–Kier alpha value is -0.900. The average Bonchev–Trinajstić information content (AvgIpc) is 2.29. The fourth-order valence-electron chi connectivity index (χ4n) is 1.83. The van der Waals surface area contributed by atoms with E-state index in [-0.39, 0.29) is 5.92 Å². The van der Waals surface area contributed by atoms with E-state index in [1.807, 2.05) is 6.07 Å². The maximum absolute atomic E-state index is 6.04. The highest BCUT2D eigenvalue weighted by molar-refractivity contribution is 6.35. The lowest BCUT2D eigenvalue weighted by Gasteiger charge is -2.13. The normalized spacial score (nSPS) is 12.9. The summed E-state index contributed by atoms with van der Waals surface area (Å²) in [6, 6.07) is 1.81. The Morgan fingerprint density at radius 2 is 2.00 bits per heavy atom. The molecule has 0 spiro atoms. The fourth-order valence-corrected chi connectivity index (χ4v) is 2.19. The highest BCUT2D eigenvalue weighted by Crippen LogP contribution is 2.30. The molecule has 0 saturated heterocycles. The molecule has 0 aliphatic heterocycles. The van der Waals surface area contributed by atoms with Gasteiger partial charge in [0, 0.05) is 30.8 Å². The lowest BCUT2D eigenvalue weighted by Crippen LogP contribution is -2.03. The Morgan fingerprint density at radius 1 is 1.24 bits per heavy atom. The molecule has 0 radical (unpaired) electrons. The second-order valence-electron chi connectivity index (χ2n) is 3.91. The first-order valence-corrected chi connectivity index (χ1v) is 5.97. The minimum atomic E-state index is 0.228. The molecule has 0 aromatic carbocycles. The van der Waals surface area contributed by atoms with Crippen LogP contribution in [0.15, 0.2) is 18.5 Å². The van der Waals surface area contributed by atoms with Gasteiger partial charge < -0.3 is 4.74 Å². The summed E-state index contributed by atoms with van der Waals surface area (Å²) in [5.74, 6) is 0.228. The van der Waals surface area contributed by atoms with Crippen LogP contribution in [0.1, 0.15) is 18.4 Å². The summed E-state index contributed by atoms with van der Waals surface area (Å²) < 4.78 is 5.16. The first-order valence-electron chi connectivity index (χ1n) is 5.22. The van der Waals surface area contributed by atoms with Gasteiger partial charge in [-0.2, -0.15) is 0 Å². The van der Waals surface area contributed by atoms with E-state index >= 15 is 0 Å². The van der Waals surface area contributed by atoms with Gasteiger partial charge >= 0.3 is 0 Å². The molecule has 2 rings (SSSR count). The molecule has 0 saturated carbocycles. The topological polar surface area (TPSA) is 35.0 Å². The summed E-state index contributed by atoms with van der Waals surface area (Å²) in [5.41, 5.74) is 1.07. The molecule has 0 aliphatic carbocycles. The van der Waals surface area contributed by atoms with Gasteiger partial charge in [0.1, 0.15) is 10.3 Å². The van der Waals surface area contributed by atoms with E-state index in [0.29, 0.717) is 16.9 Å². The molecular formula is C12H12Cl2N2O. The van der Waals surface area contributed by atoms with Gasteiger partial charge in [0.15, 0.2) is 0 Å². The first kappa shape index (κ1) is 12.6. The Labute approximate surface area is 110 Å². The summed E-state index contributed by atoms with van der Waals surface area (Å²) in [7, 11) is 1.68. The third-order valence-corrected chi connectivity index (χ3v) is 3.18. The van der Waals surface area contributed by atoms with Gasteiger partial charge in [-0.15, -0.1) is 0 Å². The van der Waals surface area contributed by atoms with Crippen LogP contribution in [0, 0.1) is 0 Å². The van der Waals surface area contributed by atoms with E-state index in [1.54, 1.807) is 19.5 Å². The number of nitrogens with zero attached hydrogens (tertiary/aromatic N) is 2. The van der Waals surface area contributed by atoms with Crippen LogP contribution < -0.4 is 0 Å². The molecular weight excluding hydrogens is 259 g/mol. The van der Waals surface area contributed by atoms with Crippen molar-refractivity contribution in [2.45, 2.75) is 12.8 Å². The predicted molar refractivity (Wildman–Crippen MR) is 69.8 cm³/mol. The van der Waals surface area contributed by atoms with Gasteiger partial charge in [-0.25, -0.2) is 9.97 Å². The number of rotatable bonds is 3. The SMILES string of the molecule is COCC(C)c1cnc(Cl)c2cnc(Cl)cc12. The molecule has 2 aromatic heterocycles. The third kappa shape index (κ3) is 2.51. The average molecular weight is 271 g/mol. The van der Waals surface area contributed by atoms with Crippen LogP contribution in [0.2, 0.25) is 10.3 Å². The largest absolute Gasteiger partial charge is 0.384 e. The minimum absolute atomic E-state index is 0.228. The molecule has 0 amide bonds. The Bertz CT molecular complexity index is 545. The van der Waals surface area contributed by atoms with Crippen molar-refractivity contribution in [1.82, 2.24) is 9.97 Å². The van der Waals surface area contributed by atoms with Crippen molar-refractivity contribution in [2.24, 2.45) is 0 Å². The zero-order valence-corrected chi connectivity index (χ0v) is 11.1. The van der Waals surface area contributed by atoms with Crippen LogP contribution >= 0.6 is 23.2 Å². The standard InChI is InChI=1S/C12H12Cl2N2O/c1-7(6-17-2)9-4-16-12(14)10-5-15-11(13)3-8(9)10/h3-5,7H,6H2,1-2H3. The highest BCUT2D eigenvalue weighted by Gasteiger charge is 2.13. The van der Waals surface area contributed by atoms with E-state index in [4.69, 9.17) is 27.9 Å². The van der Waals surface area contributed by atoms with Crippen LogP contribution in [0.25, 0.3) is 10.8 Å². The number of halogens is 2. The molecule has 0 aliphatic rings. The van der Waals surface area contributed by atoms with Crippen LogP contribution in [0.4, 0.5) is 0 Å². The molecule has 1 unspecified atom stereocenters. The number of hydrogen-bond donors (Lipinski definition) is 0. The third-order valence-electron chi connectivity index (χ3n) is 2.67. The van der Waals surface area contributed by atoms with Crippen molar-refractivity contribution in [3.05, 3.63) is 34.3 Å². The molecule has 0 N–H and O–H groups in total. The van der Waals surface area contributed by atoms with Crippen LogP contribution in [-0.2, 0) is 4.74 Å². The smallest absolute Gasteiger partial charge is 0.138 e. The summed E-state index contributed by atoms with van der Waals surface area (Å²) in [5, 5.41) is 2.69. The van der Waals surface area contributed by atoms with Gasteiger partial charge in [0.05, 0.1) is 6.61 Å². The molecule has 0 fully saturated rings. The Morgan fingerprint density at radius 3 is 2.71 bits per heavy atom. The minimum Gasteiger partial charge on any atom is -0.384 e. The van der Waals surface area contributed by atoms with Crippen LogP contribution in [-0.4, -0.2) is 23.7 Å². The number of aromatic nitrogens is 2. The van der Waals surface area contributed by atoms with Crippen molar-refractivity contribution in [2.75, 3.05) is 13.7 Å². The van der Waals surface area contributed by atoms with Crippen molar-refractivity contribution in [1.29, 1.82) is 0 Å². The number of fused-ring (bicyclic) bond motifs is 1. The molecule has 3 nitrogen and oxygen atoms in total. The zero-order chi connectivity index (χ0) is 12.4. The van der Waals surface area contributed by atoms with E-state index in [9.17, 15) is 0 Å². The molecule has 0 bridgehead atoms. The lowest BCUT2D eigenvalue weighted by molar-refractivity contribution is 0.184. The quantitative estimate of drug-likeness (QED) is 0.798. The maximum atomic E-state index is 6.04. The second-order valence-corrected chi connectivity index (χ2v) is 4.66. The van der Waals surface area contributed by atoms with E-state index in [2.05, 4.69) is 16.9 Å². The summed E-state index contributed by atoms with van der Waals surface area (Å²) >= 11 is 12.0. The first-order chi connectivity index (χ1) is 8.13. The highest BCUT2D eigenvalue weighted by atomic mass is 35.5. The van der Waals surface area contributed by atoms with Gasteiger partial charge in [-0.1, -0.05) is 30.1 Å². The molecule has 5 heteroatoms. The molecule has 1 atom stereocenters. The summed E-state index contributed by atoms with van der Waals surface area (Å²) in [6.45, 7) is 2.69. The molecule has 17 heavy (non-hydrogen) atoms.